The summed E-state index contributed by atoms with van der Waals surface area (Å²) in [6, 6.07) is 7.68. The Morgan fingerprint density at radius 3 is 2.52 bits per heavy atom. The van der Waals surface area contributed by atoms with Crippen LogP contribution in [-0.2, 0) is 19.6 Å². The SMILES string of the molecule is COC(=O)CN(c1nc2nc(C)c(Cl)c(C)n2n1)S(=O)(=O)c1ccccc1. The number of aromatic nitrogens is 4. The predicted molar refractivity (Wildman–Crippen MR) is 98.3 cm³/mol. The third-order valence-electron chi connectivity index (χ3n) is 3.85. The molecule has 142 valence electrons. The topological polar surface area (TPSA) is 107 Å². The van der Waals surface area contributed by atoms with Gasteiger partial charge in [0.2, 0.25) is 0 Å². The fourth-order valence-electron chi connectivity index (χ4n) is 2.41. The van der Waals surface area contributed by atoms with Crippen LogP contribution >= 0.6 is 11.6 Å². The molecule has 0 fully saturated rings. The summed E-state index contributed by atoms with van der Waals surface area (Å²) in [5.74, 6) is -0.795. The number of halogens is 1. The predicted octanol–water partition coefficient (Wildman–Crippen LogP) is 1.76. The van der Waals surface area contributed by atoms with Crippen molar-refractivity contribution in [3.05, 3.63) is 46.7 Å². The molecule has 11 heteroatoms. The number of hydrogen-bond donors (Lipinski definition) is 0. The van der Waals surface area contributed by atoms with Crippen molar-refractivity contribution in [2.45, 2.75) is 18.7 Å². The molecule has 2 aromatic heterocycles. The molecule has 0 aliphatic rings. The highest BCUT2D eigenvalue weighted by atomic mass is 35.5. The molecule has 0 spiro atoms. The first kappa shape index (κ1) is 19.1. The number of rotatable bonds is 5. The highest BCUT2D eigenvalue weighted by Crippen LogP contribution is 2.24. The first-order valence-electron chi connectivity index (χ1n) is 7.79. The zero-order valence-corrected chi connectivity index (χ0v) is 16.3. The Labute approximate surface area is 160 Å². The van der Waals surface area contributed by atoms with Crippen LogP contribution < -0.4 is 4.31 Å². The molecular weight excluding hydrogens is 394 g/mol. The van der Waals surface area contributed by atoms with Crippen molar-refractivity contribution in [2.75, 3.05) is 18.0 Å². The van der Waals surface area contributed by atoms with Crippen molar-refractivity contribution < 1.29 is 17.9 Å². The van der Waals surface area contributed by atoms with Crippen molar-refractivity contribution in [3.8, 4) is 0 Å². The summed E-state index contributed by atoms with van der Waals surface area (Å²) in [5.41, 5.74) is 1.08. The molecule has 1 aromatic carbocycles. The van der Waals surface area contributed by atoms with Crippen LogP contribution in [-0.4, -0.2) is 47.6 Å². The number of fused-ring (bicyclic) bond motifs is 1. The van der Waals surface area contributed by atoms with E-state index in [0.29, 0.717) is 16.4 Å². The molecule has 0 saturated carbocycles. The number of sulfonamides is 1. The van der Waals surface area contributed by atoms with Gasteiger partial charge < -0.3 is 4.74 Å². The van der Waals surface area contributed by atoms with Crippen LogP contribution in [0.15, 0.2) is 35.2 Å². The van der Waals surface area contributed by atoms with Crippen LogP contribution in [0.2, 0.25) is 5.02 Å². The molecule has 0 bridgehead atoms. The molecule has 0 aliphatic carbocycles. The molecule has 0 unspecified atom stereocenters. The quantitative estimate of drug-likeness (QED) is 0.591. The Morgan fingerprint density at radius 1 is 1.22 bits per heavy atom. The highest BCUT2D eigenvalue weighted by Gasteiger charge is 2.31. The maximum atomic E-state index is 13.1. The zero-order chi connectivity index (χ0) is 19.8. The molecule has 0 radical (unpaired) electrons. The molecule has 0 N–H and O–H groups in total. The second-order valence-electron chi connectivity index (χ2n) is 5.62. The van der Waals surface area contributed by atoms with E-state index in [-0.39, 0.29) is 16.6 Å². The number of anilines is 1. The summed E-state index contributed by atoms with van der Waals surface area (Å²) in [7, 11) is -2.94. The highest BCUT2D eigenvalue weighted by molar-refractivity contribution is 7.92. The fourth-order valence-corrected chi connectivity index (χ4v) is 3.86. The minimum absolute atomic E-state index is 0.00773. The normalized spacial score (nSPS) is 11.6. The summed E-state index contributed by atoms with van der Waals surface area (Å²) < 4.78 is 32.9. The largest absolute Gasteiger partial charge is 0.468 e. The Kier molecular flexibility index (Phi) is 5.03. The second kappa shape index (κ2) is 7.12. The van der Waals surface area contributed by atoms with Gasteiger partial charge >= 0.3 is 5.97 Å². The Morgan fingerprint density at radius 2 is 1.89 bits per heavy atom. The zero-order valence-electron chi connectivity index (χ0n) is 14.7. The molecule has 0 amide bonds. The summed E-state index contributed by atoms with van der Waals surface area (Å²) in [6.07, 6.45) is 0. The number of esters is 1. The van der Waals surface area contributed by atoms with Gasteiger partial charge in [-0.1, -0.05) is 29.8 Å². The Bertz CT molecular complexity index is 1110. The number of benzene rings is 1. The summed E-state index contributed by atoms with van der Waals surface area (Å²) in [4.78, 5) is 20.2. The molecular formula is C16H16ClN5O4S. The Balaban J connectivity index is 2.18. The lowest BCUT2D eigenvalue weighted by molar-refractivity contribution is -0.138. The molecule has 3 rings (SSSR count). The van der Waals surface area contributed by atoms with E-state index in [2.05, 4.69) is 19.8 Å². The van der Waals surface area contributed by atoms with E-state index in [1.165, 1.54) is 23.8 Å². The number of hydrogen-bond acceptors (Lipinski definition) is 7. The summed E-state index contributed by atoms with van der Waals surface area (Å²) in [6.45, 7) is 2.83. The van der Waals surface area contributed by atoms with Gasteiger partial charge in [0.1, 0.15) is 6.54 Å². The lowest BCUT2D eigenvalue weighted by Crippen LogP contribution is -2.37. The lowest BCUT2D eigenvalue weighted by atomic mass is 10.3. The Hall–Kier alpha value is -2.72. The number of methoxy groups -OCH3 is 1. The fraction of sp³-hybridized carbons (Fsp3) is 0.250. The van der Waals surface area contributed by atoms with E-state index in [1.54, 1.807) is 32.0 Å². The standard InChI is InChI=1S/C16H16ClN5O4S/c1-10-14(17)11(2)22-15(18-10)19-16(20-22)21(9-13(23)26-3)27(24,25)12-7-5-4-6-8-12/h4-8H,9H2,1-3H3. The van der Waals surface area contributed by atoms with Gasteiger partial charge in [-0.15, -0.1) is 5.10 Å². The first-order valence-corrected chi connectivity index (χ1v) is 9.61. The number of ether oxygens (including phenoxy) is 1. The van der Waals surface area contributed by atoms with E-state index in [1.807, 2.05) is 0 Å². The summed E-state index contributed by atoms with van der Waals surface area (Å²) >= 11 is 6.18. The van der Waals surface area contributed by atoms with Crippen molar-refractivity contribution in [3.63, 3.8) is 0 Å². The maximum Gasteiger partial charge on any atom is 0.326 e. The van der Waals surface area contributed by atoms with E-state index < -0.39 is 22.5 Å². The number of aryl methyl sites for hydroxylation is 2. The van der Waals surface area contributed by atoms with Crippen LogP contribution in [0.5, 0.6) is 0 Å². The third kappa shape index (κ3) is 3.45. The molecule has 0 atom stereocenters. The average molecular weight is 410 g/mol. The van der Waals surface area contributed by atoms with Gasteiger partial charge in [0.05, 0.1) is 28.4 Å². The molecule has 0 aliphatic heterocycles. The van der Waals surface area contributed by atoms with Gasteiger partial charge in [-0.3, -0.25) is 4.79 Å². The minimum Gasteiger partial charge on any atom is -0.468 e. The van der Waals surface area contributed by atoms with Gasteiger partial charge in [0, 0.05) is 0 Å². The second-order valence-corrected chi connectivity index (χ2v) is 7.86. The van der Waals surface area contributed by atoms with Gasteiger partial charge in [-0.2, -0.15) is 9.50 Å². The third-order valence-corrected chi connectivity index (χ3v) is 6.14. The number of carbonyl (C=O) groups is 1. The monoisotopic (exact) mass is 409 g/mol. The van der Waals surface area contributed by atoms with E-state index in [4.69, 9.17) is 11.6 Å². The van der Waals surface area contributed by atoms with Crippen LogP contribution in [0.4, 0.5) is 5.95 Å². The minimum atomic E-state index is -4.11. The van der Waals surface area contributed by atoms with Crippen LogP contribution in [0.3, 0.4) is 0 Å². The molecule has 3 aromatic rings. The van der Waals surface area contributed by atoms with Crippen LogP contribution in [0.1, 0.15) is 11.4 Å². The van der Waals surface area contributed by atoms with Crippen molar-refractivity contribution in [2.24, 2.45) is 0 Å². The van der Waals surface area contributed by atoms with Gasteiger partial charge in [0.25, 0.3) is 21.7 Å². The van der Waals surface area contributed by atoms with Gasteiger partial charge in [-0.25, -0.2) is 17.7 Å². The van der Waals surface area contributed by atoms with E-state index >= 15 is 0 Å². The molecule has 9 nitrogen and oxygen atoms in total. The van der Waals surface area contributed by atoms with E-state index in [9.17, 15) is 13.2 Å². The van der Waals surface area contributed by atoms with Crippen molar-refractivity contribution >= 4 is 39.3 Å². The molecule has 2 heterocycles. The van der Waals surface area contributed by atoms with Crippen molar-refractivity contribution in [1.29, 1.82) is 0 Å². The van der Waals surface area contributed by atoms with Gasteiger partial charge in [0.15, 0.2) is 0 Å². The van der Waals surface area contributed by atoms with Gasteiger partial charge in [-0.05, 0) is 26.0 Å². The summed E-state index contributed by atoms with van der Waals surface area (Å²) in [5, 5.41) is 4.58. The lowest BCUT2D eigenvalue weighted by Gasteiger charge is -2.19. The molecule has 0 saturated heterocycles. The first-order chi connectivity index (χ1) is 12.8. The van der Waals surface area contributed by atoms with E-state index in [0.717, 1.165) is 4.31 Å². The smallest absolute Gasteiger partial charge is 0.326 e. The number of carbonyl (C=O) groups excluding carboxylic acids is 1. The van der Waals surface area contributed by atoms with Crippen molar-refractivity contribution in [1.82, 2.24) is 19.6 Å². The molecule has 27 heavy (non-hydrogen) atoms. The maximum absolute atomic E-state index is 13.1. The number of nitrogens with zero attached hydrogens (tertiary/aromatic N) is 5. The van der Waals surface area contributed by atoms with Crippen LogP contribution in [0.25, 0.3) is 5.78 Å². The van der Waals surface area contributed by atoms with Crippen LogP contribution in [0, 0.1) is 13.8 Å². The average Bonchev–Trinajstić information content (AvgIpc) is 3.08.